The fourth-order valence-electron chi connectivity index (χ4n) is 2.10. The summed E-state index contributed by atoms with van der Waals surface area (Å²) in [7, 11) is 0. The summed E-state index contributed by atoms with van der Waals surface area (Å²) in [6.07, 6.45) is 2.41. The van der Waals surface area contributed by atoms with E-state index in [4.69, 9.17) is 0 Å². The summed E-state index contributed by atoms with van der Waals surface area (Å²) in [5.74, 6) is -1.77. The first-order valence-corrected chi connectivity index (χ1v) is 9.63. The van der Waals surface area contributed by atoms with Crippen LogP contribution in [0.4, 0.5) is 8.78 Å². The molecule has 0 aliphatic heterocycles. The standard InChI is InChI=1S/C20H20F2N4O2S/c1-13(19(27)25-23-11-15-7-3-5-9-17(15)21)29-14(2)20(28)26-24-12-16-8-4-6-10-18(16)22/h3-14H,1-2H3,(H,25,27)(H,26,28)/b23-11-,24-12+. The molecular weight excluding hydrogens is 398 g/mol. The highest BCUT2D eigenvalue weighted by Gasteiger charge is 2.21. The summed E-state index contributed by atoms with van der Waals surface area (Å²) in [6.45, 7) is 3.23. The quantitative estimate of drug-likeness (QED) is 0.511. The van der Waals surface area contributed by atoms with E-state index in [1.165, 1.54) is 36.7 Å². The maximum absolute atomic E-state index is 13.5. The van der Waals surface area contributed by atoms with Crippen LogP contribution in [0.2, 0.25) is 0 Å². The maximum Gasteiger partial charge on any atom is 0.252 e. The molecule has 0 saturated heterocycles. The van der Waals surface area contributed by atoms with Crippen LogP contribution in [0, 0.1) is 11.6 Å². The van der Waals surface area contributed by atoms with Crippen molar-refractivity contribution < 1.29 is 18.4 Å². The topological polar surface area (TPSA) is 82.9 Å². The van der Waals surface area contributed by atoms with Crippen LogP contribution in [-0.4, -0.2) is 34.7 Å². The Hall–Kier alpha value is -3.07. The Kier molecular flexibility index (Phi) is 8.47. The maximum atomic E-state index is 13.5. The summed E-state index contributed by atoms with van der Waals surface area (Å²) < 4.78 is 27.0. The van der Waals surface area contributed by atoms with Crippen molar-refractivity contribution in [1.82, 2.24) is 10.9 Å². The number of benzene rings is 2. The van der Waals surface area contributed by atoms with Crippen LogP contribution in [0.15, 0.2) is 58.7 Å². The van der Waals surface area contributed by atoms with Gasteiger partial charge in [0.05, 0.1) is 22.9 Å². The van der Waals surface area contributed by atoms with E-state index in [-0.39, 0.29) is 11.1 Å². The van der Waals surface area contributed by atoms with E-state index in [2.05, 4.69) is 21.1 Å². The lowest BCUT2D eigenvalue weighted by Gasteiger charge is -2.14. The number of carbonyl (C=O) groups is 2. The molecule has 9 heteroatoms. The minimum atomic E-state index is -0.593. The number of nitrogens with one attached hydrogen (secondary N) is 2. The Morgan fingerprint density at radius 2 is 1.21 bits per heavy atom. The summed E-state index contributed by atoms with van der Waals surface area (Å²) >= 11 is 1.09. The molecule has 0 aliphatic carbocycles. The molecule has 6 nitrogen and oxygen atoms in total. The lowest BCUT2D eigenvalue weighted by molar-refractivity contribution is -0.120. The van der Waals surface area contributed by atoms with Crippen molar-refractivity contribution in [1.29, 1.82) is 0 Å². The number of amides is 2. The van der Waals surface area contributed by atoms with E-state index < -0.39 is 33.9 Å². The predicted octanol–water partition coefficient (Wildman–Crippen LogP) is 3.08. The molecule has 2 aromatic carbocycles. The van der Waals surface area contributed by atoms with E-state index in [0.717, 1.165) is 11.8 Å². The van der Waals surface area contributed by atoms with Gasteiger partial charge in [0.25, 0.3) is 11.8 Å². The van der Waals surface area contributed by atoms with Gasteiger partial charge in [0, 0.05) is 11.1 Å². The fraction of sp³-hybridized carbons (Fsp3) is 0.200. The van der Waals surface area contributed by atoms with Crippen molar-refractivity contribution in [2.75, 3.05) is 0 Å². The van der Waals surface area contributed by atoms with Gasteiger partial charge in [-0.15, -0.1) is 11.8 Å². The van der Waals surface area contributed by atoms with Crippen LogP contribution < -0.4 is 10.9 Å². The minimum Gasteiger partial charge on any atom is -0.272 e. The number of halogens is 2. The van der Waals surface area contributed by atoms with E-state index in [1.54, 1.807) is 38.1 Å². The summed E-state index contributed by atoms with van der Waals surface area (Å²) in [5, 5.41) is 6.27. The monoisotopic (exact) mass is 418 g/mol. The number of hydrogen-bond acceptors (Lipinski definition) is 5. The zero-order valence-electron chi connectivity index (χ0n) is 15.8. The lowest BCUT2D eigenvalue weighted by atomic mass is 10.2. The highest BCUT2D eigenvalue weighted by molar-refractivity contribution is 8.01. The Labute approximate surface area is 171 Å². The molecule has 2 aromatic rings. The van der Waals surface area contributed by atoms with E-state index in [1.807, 2.05) is 0 Å². The first-order chi connectivity index (χ1) is 13.9. The SMILES string of the molecule is CC(SC(C)C(=O)N/N=C/c1ccccc1F)C(=O)N/N=C\c1ccccc1F. The summed E-state index contributed by atoms with van der Waals surface area (Å²) in [6, 6.07) is 12.0. The van der Waals surface area contributed by atoms with Crippen molar-refractivity contribution in [3.8, 4) is 0 Å². The molecule has 152 valence electrons. The molecule has 29 heavy (non-hydrogen) atoms. The number of hydrogen-bond donors (Lipinski definition) is 2. The van der Waals surface area contributed by atoms with Gasteiger partial charge in [-0.05, 0) is 26.0 Å². The van der Waals surface area contributed by atoms with Crippen molar-refractivity contribution >= 4 is 36.0 Å². The van der Waals surface area contributed by atoms with Crippen LogP contribution in [-0.2, 0) is 9.59 Å². The first-order valence-electron chi connectivity index (χ1n) is 8.69. The number of hydrazone groups is 2. The van der Waals surface area contributed by atoms with E-state index >= 15 is 0 Å². The van der Waals surface area contributed by atoms with Gasteiger partial charge < -0.3 is 0 Å². The fourth-order valence-corrected chi connectivity index (χ4v) is 3.07. The first kappa shape index (κ1) is 22.2. The van der Waals surface area contributed by atoms with Gasteiger partial charge in [0.1, 0.15) is 11.6 Å². The molecule has 0 bridgehead atoms. The van der Waals surface area contributed by atoms with E-state index in [0.29, 0.717) is 0 Å². The number of carbonyl (C=O) groups excluding carboxylic acids is 2. The van der Waals surface area contributed by atoms with Crippen molar-refractivity contribution in [2.24, 2.45) is 10.2 Å². The molecule has 0 saturated carbocycles. The molecule has 2 atom stereocenters. The third-order valence-corrected chi connectivity index (χ3v) is 4.96. The highest BCUT2D eigenvalue weighted by atomic mass is 32.2. The number of rotatable bonds is 8. The molecule has 0 aliphatic rings. The molecule has 0 heterocycles. The lowest BCUT2D eigenvalue weighted by Crippen LogP contribution is -2.33. The van der Waals surface area contributed by atoms with Crippen LogP contribution in [0.25, 0.3) is 0 Å². The van der Waals surface area contributed by atoms with Crippen LogP contribution in [0.5, 0.6) is 0 Å². The molecule has 2 rings (SSSR count). The van der Waals surface area contributed by atoms with Crippen molar-refractivity contribution in [3.63, 3.8) is 0 Å². The third kappa shape index (κ3) is 7.11. The third-order valence-electron chi connectivity index (χ3n) is 3.71. The average Bonchev–Trinajstić information content (AvgIpc) is 2.70. The predicted molar refractivity (Wildman–Crippen MR) is 111 cm³/mol. The highest BCUT2D eigenvalue weighted by Crippen LogP contribution is 2.17. The van der Waals surface area contributed by atoms with Gasteiger partial charge in [0.15, 0.2) is 0 Å². The molecule has 2 unspecified atom stereocenters. The molecular formula is C20H20F2N4O2S. The molecule has 0 spiro atoms. The molecule has 2 N–H and O–H groups in total. The van der Waals surface area contributed by atoms with Gasteiger partial charge in [-0.1, -0.05) is 36.4 Å². The van der Waals surface area contributed by atoms with Crippen molar-refractivity contribution in [2.45, 2.75) is 24.3 Å². The summed E-state index contributed by atoms with van der Waals surface area (Å²) in [5.41, 5.74) is 5.11. The Morgan fingerprint density at radius 1 is 0.828 bits per heavy atom. The van der Waals surface area contributed by atoms with Crippen LogP contribution in [0.3, 0.4) is 0 Å². The minimum absolute atomic E-state index is 0.244. The second-order valence-corrected chi connectivity index (χ2v) is 7.62. The Morgan fingerprint density at radius 3 is 1.59 bits per heavy atom. The van der Waals surface area contributed by atoms with E-state index in [9.17, 15) is 18.4 Å². The Balaban J connectivity index is 1.80. The van der Waals surface area contributed by atoms with Gasteiger partial charge >= 0.3 is 0 Å². The zero-order chi connectivity index (χ0) is 21.2. The summed E-state index contributed by atoms with van der Waals surface area (Å²) in [4.78, 5) is 24.1. The van der Waals surface area contributed by atoms with Gasteiger partial charge in [0.2, 0.25) is 0 Å². The number of nitrogens with zero attached hydrogens (tertiary/aromatic N) is 2. The second kappa shape index (κ2) is 11.1. The van der Waals surface area contributed by atoms with Crippen molar-refractivity contribution in [3.05, 3.63) is 71.3 Å². The number of thioether (sulfide) groups is 1. The average molecular weight is 418 g/mol. The zero-order valence-corrected chi connectivity index (χ0v) is 16.6. The molecule has 0 fully saturated rings. The van der Waals surface area contributed by atoms with Gasteiger partial charge in [-0.25, -0.2) is 19.6 Å². The molecule has 0 aromatic heterocycles. The Bertz CT molecular complexity index is 847. The second-order valence-electron chi connectivity index (χ2n) is 5.93. The smallest absolute Gasteiger partial charge is 0.252 e. The van der Waals surface area contributed by atoms with Gasteiger partial charge in [-0.2, -0.15) is 10.2 Å². The normalized spacial score (nSPS) is 13.4. The van der Waals surface area contributed by atoms with Gasteiger partial charge in [-0.3, -0.25) is 9.59 Å². The molecule has 2 amide bonds. The largest absolute Gasteiger partial charge is 0.272 e. The van der Waals surface area contributed by atoms with Crippen LogP contribution in [0.1, 0.15) is 25.0 Å². The molecule has 0 radical (unpaired) electrons. The van der Waals surface area contributed by atoms with Crippen LogP contribution >= 0.6 is 11.8 Å².